The van der Waals surface area contributed by atoms with Gasteiger partial charge in [0, 0.05) is 18.0 Å². The van der Waals surface area contributed by atoms with Gasteiger partial charge in [0.05, 0.1) is 0 Å². The third kappa shape index (κ3) is 4.78. The molecule has 0 saturated carbocycles. The highest BCUT2D eigenvalue weighted by Gasteiger charge is 2.04. The summed E-state index contributed by atoms with van der Waals surface area (Å²) < 4.78 is 5.90. The summed E-state index contributed by atoms with van der Waals surface area (Å²) in [7, 11) is 0. The molecule has 0 bridgehead atoms. The molecule has 116 valence electrons. The molecule has 0 aromatic heterocycles. The Morgan fingerprint density at radius 3 is 2.55 bits per heavy atom. The number of aryl methyl sites for hydroxylation is 1. The first kappa shape index (κ1) is 16.4. The monoisotopic (exact) mass is 317 g/mol. The number of alkyl halides is 1. The van der Waals surface area contributed by atoms with Gasteiger partial charge in [0.25, 0.3) is 0 Å². The number of hydrogen-bond donors (Lipinski definition) is 1. The summed E-state index contributed by atoms with van der Waals surface area (Å²) >= 11 is 5.57. The van der Waals surface area contributed by atoms with Crippen molar-refractivity contribution in [3.63, 3.8) is 0 Å². The van der Waals surface area contributed by atoms with Crippen LogP contribution in [0.4, 0.5) is 5.69 Å². The van der Waals surface area contributed by atoms with Gasteiger partial charge in [0.2, 0.25) is 5.91 Å². The minimum Gasteiger partial charge on any atom is -0.457 e. The lowest BCUT2D eigenvalue weighted by atomic mass is 10.1. The van der Waals surface area contributed by atoms with E-state index in [0.29, 0.717) is 18.7 Å². The fourth-order valence-electron chi connectivity index (χ4n) is 2.08. The summed E-state index contributed by atoms with van der Waals surface area (Å²) in [6.07, 6.45) is 2.04. The minimum atomic E-state index is -0.0225. The number of carbonyl (C=O) groups is 1. The van der Waals surface area contributed by atoms with Crippen LogP contribution in [-0.4, -0.2) is 11.8 Å². The second kappa shape index (κ2) is 8.44. The van der Waals surface area contributed by atoms with Crippen LogP contribution >= 0.6 is 11.6 Å². The fourth-order valence-corrected chi connectivity index (χ4v) is 2.21. The van der Waals surface area contributed by atoms with Crippen LogP contribution in [0.3, 0.4) is 0 Å². The van der Waals surface area contributed by atoms with Crippen LogP contribution in [0.1, 0.15) is 25.3 Å². The number of rotatable bonds is 7. The predicted molar refractivity (Wildman–Crippen MR) is 90.9 cm³/mol. The van der Waals surface area contributed by atoms with Crippen molar-refractivity contribution in [3.8, 4) is 11.5 Å². The molecule has 2 aromatic carbocycles. The minimum absolute atomic E-state index is 0.0225. The number of hydrogen-bond acceptors (Lipinski definition) is 2. The number of amides is 1. The Morgan fingerprint density at radius 2 is 1.86 bits per heavy atom. The maximum absolute atomic E-state index is 11.6. The maximum atomic E-state index is 11.6. The summed E-state index contributed by atoms with van der Waals surface area (Å²) in [6.45, 7) is 2.10. The zero-order valence-electron chi connectivity index (χ0n) is 12.6. The van der Waals surface area contributed by atoms with Crippen molar-refractivity contribution in [2.45, 2.75) is 26.2 Å². The molecule has 0 unspecified atom stereocenters. The highest BCUT2D eigenvalue weighted by atomic mass is 35.5. The average Bonchev–Trinajstić information content (AvgIpc) is 2.55. The van der Waals surface area contributed by atoms with E-state index in [4.69, 9.17) is 16.3 Å². The van der Waals surface area contributed by atoms with Gasteiger partial charge >= 0.3 is 0 Å². The van der Waals surface area contributed by atoms with Crippen LogP contribution in [0, 0.1) is 0 Å². The van der Waals surface area contributed by atoms with Crippen molar-refractivity contribution in [2.24, 2.45) is 0 Å². The van der Waals surface area contributed by atoms with Crippen LogP contribution in [0.2, 0.25) is 0 Å². The molecule has 1 N–H and O–H groups in total. The number of anilines is 1. The molecule has 0 radical (unpaired) electrons. The first-order chi connectivity index (χ1) is 10.7. The van der Waals surface area contributed by atoms with E-state index in [1.54, 1.807) is 0 Å². The molecule has 0 aliphatic rings. The van der Waals surface area contributed by atoms with Crippen LogP contribution in [0.5, 0.6) is 11.5 Å². The van der Waals surface area contributed by atoms with Gasteiger partial charge in [0.15, 0.2) is 0 Å². The van der Waals surface area contributed by atoms with Crippen LogP contribution in [0.15, 0.2) is 48.5 Å². The molecule has 2 aromatic rings. The van der Waals surface area contributed by atoms with Gasteiger partial charge < -0.3 is 10.1 Å². The number of ether oxygens (including phenoxy) is 1. The highest BCUT2D eigenvalue weighted by molar-refractivity contribution is 6.18. The predicted octanol–water partition coefficient (Wildman–Crippen LogP) is 5.00. The SMILES string of the molecule is CCc1ccccc1Oc1ccc(NC(=O)CCCCl)cc1. The summed E-state index contributed by atoms with van der Waals surface area (Å²) in [5.41, 5.74) is 1.93. The lowest BCUT2D eigenvalue weighted by Crippen LogP contribution is -2.11. The molecule has 0 atom stereocenters. The second-order valence-electron chi connectivity index (χ2n) is 4.93. The van der Waals surface area contributed by atoms with E-state index in [9.17, 15) is 4.79 Å². The van der Waals surface area contributed by atoms with Gasteiger partial charge in [0.1, 0.15) is 11.5 Å². The number of para-hydroxylation sites is 1. The number of benzene rings is 2. The molecule has 0 saturated heterocycles. The smallest absolute Gasteiger partial charge is 0.224 e. The molecule has 3 nitrogen and oxygen atoms in total. The highest BCUT2D eigenvalue weighted by Crippen LogP contribution is 2.26. The van der Waals surface area contributed by atoms with E-state index in [2.05, 4.69) is 18.3 Å². The van der Waals surface area contributed by atoms with Gasteiger partial charge in [-0.15, -0.1) is 11.6 Å². The number of nitrogens with one attached hydrogen (secondary N) is 1. The zero-order chi connectivity index (χ0) is 15.8. The molecule has 0 aliphatic carbocycles. The maximum Gasteiger partial charge on any atom is 0.224 e. The molecule has 4 heteroatoms. The van der Waals surface area contributed by atoms with E-state index in [0.717, 1.165) is 23.6 Å². The van der Waals surface area contributed by atoms with E-state index in [-0.39, 0.29) is 5.91 Å². The van der Waals surface area contributed by atoms with Crippen LogP contribution < -0.4 is 10.1 Å². The third-order valence-electron chi connectivity index (χ3n) is 3.26. The molecule has 0 aliphatic heterocycles. The second-order valence-corrected chi connectivity index (χ2v) is 5.31. The summed E-state index contributed by atoms with van der Waals surface area (Å²) in [5, 5.41) is 2.84. The summed E-state index contributed by atoms with van der Waals surface area (Å²) in [4.78, 5) is 11.6. The van der Waals surface area contributed by atoms with Crippen molar-refractivity contribution in [1.29, 1.82) is 0 Å². The van der Waals surface area contributed by atoms with E-state index >= 15 is 0 Å². The Kier molecular flexibility index (Phi) is 6.28. The standard InChI is InChI=1S/C18H20ClNO2/c1-2-14-6-3-4-7-17(14)22-16-11-9-15(10-12-16)20-18(21)8-5-13-19/h3-4,6-7,9-12H,2,5,8,13H2,1H3,(H,20,21). The Balaban J connectivity index is 1.98. The molecular formula is C18H20ClNO2. The van der Waals surface area contributed by atoms with Gasteiger partial charge in [-0.2, -0.15) is 0 Å². The Morgan fingerprint density at radius 1 is 1.14 bits per heavy atom. The van der Waals surface area contributed by atoms with Crippen molar-refractivity contribution in [2.75, 3.05) is 11.2 Å². The zero-order valence-corrected chi connectivity index (χ0v) is 13.4. The molecule has 0 heterocycles. The van der Waals surface area contributed by atoms with Gasteiger partial charge in [-0.3, -0.25) is 4.79 Å². The van der Waals surface area contributed by atoms with Crippen molar-refractivity contribution in [1.82, 2.24) is 0 Å². The summed E-state index contributed by atoms with van der Waals surface area (Å²) in [5.74, 6) is 2.09. The topological polar surface area (TPSA) is 38.3 Å². The first-order valence-corrected chi connectivity index (χ1v) is 7.98. The Bertz CT molecular complexity index is 611. The Hall–Kier alpha value is -2.00. The van der Waals surface area contributed by atoms with Gasteiger partial charge in [-0.25, -0.2) is 0 Å². The largest absolute Gasteiger partial charge is 0.457 e. The quantitative estimate of drug-likeness (QED) is 0.730. The third-order valence-corrected chi connectivity index (χ3v) is 3.52. The van der Waals surface area contributed by atoms with Crippen molar-refractivity contribution in [3.05, 3.63) is 54.1 Å². The molecule has 2 rings (SSSR count). The first-order valence-electron chi connectivity index (χ1n) is 7.44. The van der Waals surface area contributed by atoms with Crippen LogP contribution in [0.25, 0.3) is 0 Å². The lowest BCUT2D eigenvalue weighted by Gasteiger charge is -2.10. The van der Waals surface area contributed by atoms with Crippen molar-refractivity contribution < 1.29 is 9.53 Å². The molecule has 22 heavy (non-hydrogen) atoms. The average molecular weight is 318 g/mol. The van der Waals surface area contributed by atoms with E-state index < -0.39 is 0 Å². The van der Waals surface area contributed by atoms with Crippen LogP contribution in [-0.2, 0) is 11.2 Å². The normalized spacial score (nSPS) is 10.3. The van der Waals surface area contributed by atoms with Crippen molar-refractivity contribution >= 4 is 23.2 Å². The number of halogens is 1. The lowest BCUT2D eigenvalue weighted by molar-refractivity contribution is -0.116. The molecular weight excluding hydrogens is 298 g/mol. The summed E-state index contributed by atoms with van der Waals surface area (Å²) in [6, 6.07) is 15.4. The van der Waals surface area contributed by atoms with Gasteiger partial charge in [-0.05, 0) is 48.7 Å². The van der Waals surface area contributed by atoms with Gasteiger partial charge in [-0.1, -0.05) is 25.1 Å². The van der Waals surface area contributed by atoms with E-state index in [1.807, 2.05) is 42.5 Å². The fraction of sp³-hybridized carbons (Fsp3) is 0.278. The molecule has 0 fully saturated rings. The Labute approximate surface area is 136 Å². The molecule has 1 amide bonds. The van der Waals surface area contributed by atoms with E-state index in [1.165, 1.54) is 5.56 Å². The number of carbonyl (C=O) groups excluding carboxylic acids is 1. The molecule has 0 spiro atoms.